The van der Waals surface area contributed by atoms with Crippen LogP contribution < -0.4 is 5.32 Å². The molecule has 1 aromatic carbocycles. The number of carbonyl (C=O) groups is 1. The number of aryl methyl sites for hydroxylation is 3. The minimum absolute atomic E-state index is 0.0437. The van der Waals surface area contributed by atoms with E-state index in [-0.39, 0.29) is 16.8 Å². The molecule has 1 atom stereocenters. The Balaban J connectivity index is 1.64. The number of aromatic nitrogens is 3. The number of benzene rings is 1. The van der Waals surface area contributed by atoms with Crippen molar-refractivity contribution < 1.29 is 13.2 Å². The summed E-state index contributed by atoms with van der Waals surface area (Å²) < 4.78 is 29.6. The highest BCUT2D eigenvalue weighted by Crippen LogP contribution is 2.27. The van der Waals surface area contributed by atoms with Gasteiger partial charge in [-0.3, -0.25) is 9.48 Å². The summed E-state index contributed by atoms with van der Waals surface area (Å²) in [5.74, 6) is -0.371. The number of pyridine rings is 1. The lowest BCUT2D eigenvalue weighted by Crippen LogP contribution is -2.42. The highest BCUT2D eigenvalue weighted by molar-refractivity contribution is 7.89. The minimum Gasteiger partial charge on any atom is -0.321 e. The van der Waals surface area contributed by atoms with Crippen molar-refractivity contribution in [1.29, 1.82) is 0 Å². The van der Waals surface area contributed by atoms with Gasteiger partial charge in [0.1, 0.15) is 0 Å². The largest absolute Gasteiger partial charge is 0.321 e. The van der Waals surface area contributed by atoms with Gasteiger partial charge < -0.3 is 5.32 Å². The first-order valence-electron chi connectivity index (χ1n) is 10.4. The second-order valence-electron chi connectivity index (χ2n) is 8.20. The molecule has 9 heteroatoms. The third-order valence-corrected chi connectivity index (χ3v) is 7.93. The van der Waals surface area contributed by atoms with Crippen LogP contribution in [-0.4, -0.2) is 46.0 Å². The molecule has 164 valence electrons. The zero-order valence-electron chi connectivity index (χ0n) is 18.2. The molecule has 1 fully saturated rings. The van der Waals surface area contributed by atoms with Crippen molar-refractivity contribution in [3.05, 3.63) is 47.3 Å². The second kappa shape index (κ2) is 8.05. The van der Waals surface area contributed by atoms with Gasteiger partial charge in [0.25, 0.3) is 5.91 Å². The number of nitrogens with one attached hydrogen (secondary N) is 1. The summed E-state index contributed by atoms with van der Waals surface area (Å²) in [7, 11) is -1.84. The van der Waals surface area contributed by atoms with E-state index in [2.05, 4.69) is 15.4 Å². The lowest BCUT2D eigenvalue weighted by Gasteiger charge is -2.32. The van der Waals surface area contributed by atoms with Gasteiger partial charge in [0.2, 0.25) is 10.0 Å². The summed E-state index contributed by atoms with van der Waals surface area (Å²) in [4.78, 5) is 17.5. The zero-order chi connectivity index (χ0) is 22.3. The van der Waals surface area contributed by atoms with Gasteiger partial charge in [-0.25, -0.2) is 13.4 Å². The molecule has 31 heavy (non-hydrogen) atoms. The van der Waals surface area contributed by atoms with E-state index >= 15 is 0 Å². The molecule has 1 unspecified atom stereocenters. The lowest BCUT2D eigenvalue weighted by molar-refractivity contribution is 0.102. The fraction of sp³-hybridized carbons (Fsp3) is 0.409. The number of amides is 1. The number of fused-ring (bicyclic) bond motifs is 1. The van der Waals surface area contributed by atoms with Crippen molar-refractivity contribution in [3.8, 4) is 0 Å². The molecule has 3 heterocycles. The van der Waals surface area contributed by atoms with E-state index in [0.29, 0.717) is 23.4 Å². The number of rotatable bonds is 4. The molecule has 8 nitrogen and oxygen atoms in total. The van der Waals surface area contributed by atoms with Crippen LogP contribution >= 0.6 is 0 Å². The Morgan fingerprint density at radius 2 is 1.97 bits per heavy atom. The maximum Gasteiger partial charge on any atom is 0.256 e. The van der Waals surface area contributed by atoms with Crippen LogP contribution in [0, 0.1) is 13.8 Å². The van der Waals surface area contributed by atoms with E-state index in [1.54, 1.807) is 34.2 Å². The van der Waals surface area contributed by atoms with E-state index in [1.165, 1.54) is 6.07 Å². The Labute approximate surface area is 182 Å². The maximum absolute atomic E-state index is 13.2. The van der Waals surface area contributed by atoms with Gasteiger partial charge in [0.05, 0.1) is 22.5 Å². The molecule has 0 saturated carbocycles. The number of anilines is 1. The summed E-state index contributed by atoms with van der Waals surface area (Å²) in [5.41, 5.74) is 3.12. The van der Waals surface area contributed by atoms with Crippen molar-refractivity contribution >= 4 is 32.7 Å². The molecule has 4 rings (SSSR count). The fourth-order valence-electron chi connectivity index (χ4n) is 4.15. The van der Waals surface area contributed by atoms with Gasteiger partial charge in [-0.15, -0.1) is 0 Å². The van der Waals surface area contributed by atoms with Crippen LogP contribution in [0.1, 0.15) is 47.8 Å². The van der Waals surface area contributed by atoms with Crippen molar-refractivity contribution in [2.24, 2.45) is 7.05 Å². The molecule has 2 aromatic heterocycles. The molecule has 0 bridgehead atoms. The fourth-order valence-corrected chi connectivity index (χ4v) is 5.87. The second-order valence-corrected chi connectivity index (χ2v) is 10.1. The molecule has 1 amide bonds. The highest BCUT2D eigenvalue weighted by atomic mass is 32.2. The third kappa shape index (κ3) is 3.95. The summed E-state index contributed by atoms with van der Waals surface area (Å²) in [6, 6.07) is 6.52. The SMILES string of the molecule is Cc1ccc(S(=O)(=O)N2CCCCC2C)cc1C(=O)Nc1cnc2c(c1)c(C)nn2C. The number of hydrogen-bond acceptors (Lipinski definition) is 5. The van der Waals surface area contributed by atoms with Crippen LogP contribution in [0.25, 0.3) is 11.0 Å². The average Bonchev–Trinajstić information content (AvgIpc) is 3.01. The van der Waals surface area contributed by atoms with Crippen LogP contribution in [-0.2, 0) is 17.1 Å². The molecular weight excluding hydrogens is 414 g/mol. The Bertz CT molecular complexity index is 1270. The standard InChI is InChI=1S/C22H27N5O3S/c1-14-8-9-18(31(29,30)27-10-6-5-7-15(27)2)12-19(14)22(28)24-17-11-20-16(3)25-26(4)21(20)23-13-17/h8-9,11-13,15H,5-7,10H2,1-4H3,(H,24,28). The smallest absolute Gasteiger partial charge is 0.256 e. The van der Waals surface area contributed by atoms with Crippen molar-refractivity contribution in [3.63, 3.8) is 0 Å². The van der Waals surface area contributed by atoms with Crippen molar-refractivity contribution in [1.82, 2.24) is 19.1 Å². The van der Waals surface area contributed by atoms with E-state index in [0.717, 1.165) is 36.0 Å². The van der Waals surface area contributed by atoms with Crippen LogP contribution in [0.3, 0.4) is 0 Å². The molecule has 1 aliphatic rings. The zero-order valence-corrected chi connectivity index (χ0v) is 19.0. The Kier molecular flexibility index (Phi) is 5.57. The maximum atomic E-state index is 13.2. The molecule has 1 N–H and O–H groups in total. The monoisotopic (exact) mass is 441 g/mol. The van der Waals surface area contributed by atoms with Crippen LogP contribution in [0.2, 0.25) is 0 Å². The molecule has 3 aromatic rings. The Morgan fingerprint density at radius 1 is 1.19 bits per heavy atom. The number of nitrogens with zero attached hydrogens (tertiary/aromatic N) is 4. The number of piperidine rings is 1. The summed E-state index contributed by atoms with van der Waals surface area (Å²) in [6.45, 7) is 6.12. The first-order chi connectivity index (χ1) is 14.7. The average molecular weight is 442 g/mol. The van der Waals surface area contributed by atoms with E-state index < -0.39 is 10.0 Å². The molecule has 1 aliphatic heterocycles. The topological polar surface area (TPSA) is 97.2 Å². The van der Waals surface area contributed by atoms with Gasteiger partial charge in [-0.2, -0.15) is 9.40 Å². The summed E-state index contributed by atoms with van der Waals surface area (Å²) >= 11 is 0. The van der Waals surface area contributed by atoms with E-state index in [4.69, 9.17) is 0 Å². The number of carbonyl (C=O) groups excluding carboxylic acids is 1. The first-order valence-corrected chi connectivity index (χ1v) is 11.9. The van der Waals surface area contributed by atoms with Crippen LogP contribution in [0.15, 0.2) is 35.4 Å². The predicted molar refractivity (Wildman–Crippen MR) is 120 cm³/mol. The van der Waals surface area contributed by atoms with E-state index in [9.17, 15) is 13.2 Å². The summed E-state index contributed by atoms with van der Waals surface area (Å²) in [5, 5.41) is 8.04. The Hall–Kier alpha value is -2.78. The van der Waals surface area contributed by atoms with E-state index in [1.807, 2.05) is 27.0 Å². The van der Waals surface area contributed by atoms with Gasteiger partial charge in [-0.1, -0.05) is 12.5 Å². The van der Waals surface area contributed by atoms with Gasteiger partial charge in [0, 0.05) is 30.6 Å². The van der Waals surface area contributed by atoms with Gasteiger partial charge in [-0.05, 0) is 57.4 Å². The number of sulfonamides is 1. The molecule has 1 saturated heterocycles. The minimum atomic E-state index is -3.66. The lowest BCUT2D eigenvalue weighted by atomic mass is 10.1. The normalized spacial score (nSPS) is 17.7. The quantitative estimate of drug-likeness (QED) is 0.669. The van der Waals surface area contributed by atoms with Gasteiger partial charge >= 0.3 is 0 Å². The third-order valence-electron chi connectivity index (χ3n) is 5.92. The predicted octanol–water partition coefficient (Wildman–Crippen LogP) is 3.40. The molecule has 0 spiro atoms. The Morgan fingerprint density at radius 3 is 2.71 bits per heavy atom. The van der Waals surface area contributed by atoms with Crippen LogP contribution in [0.5, 0.6) is 0 Å². The van der Waals surface area contributed by atoms with Crippen LogP contribution in [0.4, 0.5) is 5.69 Å². The van der Waals surface area contributed by atoms with Crippen molar-refractivity contribution in [2.45, 2.75) is 51.0 Å². The molecular formula is C22H27N5O3S. The molecule has 0 aliphatic carbocycles. The highest BCUT2D eigenvalue weighted by Gasteiger charge is 2.31. The molecule has 0 radical (unpaired) electrons. The van der Waals surface area contributed by atoms with Crippen molar-refractivity contribution in [2.75, 3.05) is 11.9 Å². The first kappa shape index (κ1) is 21.5. The number of hydrogen-bond donors (Lipinski definition) is 1. The summed E-state index contributed by atoms with van der Waals surface area (Å²) in [6.07, 6.45) is 4.31. The van der Waals surface area contributed by atoms with Gasteiger partial charge in [0.15, 0.2) is 5.65 Å².